The molecule has 1 fully saturated rings. The quantitative estimate of drug-likeness (QED) is 0.596. The molecule has 1 saturated heterocycles. The SMILES string of the molecule is Cc1ccc(Cl)cc1NC(=O)c1ccccc1N1C(=O)[C@H]2[C@H](C)C=CC[C@@H]2C1=O. The Labute approximate surface area is 174 Å². The molecule has 5 nitrogen and oxygen atoms in total. The summed E-state index contributed by atoms with van der Waals surface area (Å²) in [7, 11) is 0. The average molecular weight is 409 g/mol. The lowest BCUT2D eigenvalue weighted by atomic mass is 9.78. The number of allylic oxidation sites excluding steroid dienone is 2. The molecule has 0 saturated carbocycles. The van der Waals surface area contributed by atoms with Crippen molar-refractivity contribution in [2.45, 2.75) is 20.3 Å². The van der Waals surface area contributed by atoms with E-state index in [-0.39, 0.29) is 35.1 Å². The van der Waals surface area contributed by atoms with Gasteiger partial charge in [-0.05, 0) is 49.1 Å². The Bertz CT molecular complexity index is 1050. The Morgan fingerprint density at radius 3 is 2.66 bits per heavy atom. The third kappa shape index (κ3) is 3.36. The van der Waals surface area contributed by atoms with Crippen molar-refractivity contribution in [2.24, 2.45) is 17.8 Å². The maximum absolute atomic E-state index is 13.1. The molecule has 148 valence electrons. The lowest BCUT2D eigenvalue weighted by molar-refractivity contribution is -0.122. The Balaban J connectivity index is 1.69. The van der Waals surface area contributed by atoms with E-state index in [1.165, 1.54) is 4.90 Å². The van der Waals surface area contributed by atoms with Crippen LogP contribution in [0.2, 0.25) is 5.02 Å². The second-order valence-electron chi connectivity index (χ2n) is 7.60. The van der Waals surface area contributed by atoms with Crippen LogP contribution in [0, 0.1) is 24.7 Å². The molecule has 0 unspecified atom stereocenters. The summed E-state index contributed by atoms with van der Waals surface area (Å²) in [6, 6.07) is 11.9. The van der Waals surface area contributed by atoms with E-state index in [1.807, 2.05) is 32.1 Å². The van der Waals surface area contributed by atoms with Crippen LogP contribution in [0.5, 0.6) is 0 Å². The minimum atomic E-state index is -0.396. The maximum Gasteiger partial charge on any atom is 0.257 e. The van der Waals surface area contributed by atoms with Crippen LogP contribution in [-0.4, -0.2) is 17.7 Å². The van der Waals surface area contributed by atoms with Crippen LogP contribution in [0.25, 0.3) is 0 Å². The highest BCUT2D eigenvalue weighted by Crippen LogP contribution is 2.41. The summed E-state index contributed by atoms with van der Waals surface area (Å²) in [5.41, 5.74) is 2.04. The van der Waals surface area contributed by atoms with Gasteiger partial charge >= 0.3 is 0 Å². The minimum Gasteiger partial charge on any atom is -0.322 e. The monoisotopic (exact) mass is 408 g/mol. The zero-order chi connectivity index (χ0) is 20.7. The summed E-state index contributed by atoms with van der Waals surface area (Å²) in [6.07, 6.45) is 4.49. The van der Waals surface area contributed by atoms with Crippen LogP contribution < -0.4 is 10.2 Å². The normalized spacial score (nSPS) is 23.3. The topological polar surface area (TPSA) is 66.5 Å². The predicted octanol–water partition coefficient (Wildman–Crippen LogP) is 4.60. The number of hydrogen-bond acceptors (Lipinski definition) is 3. The molecule has 4 rings (SSSR count). The molecule has 2 aromatic rings. The van der Waals surface area contributed by atoms with Crippen molar-refractivity contribution in [3.05, 3.63) is 70.8 Å². The number of halogens is 1. The van der Waals surface area contributed by atoms with Crippen molar-refractivity contribution in [1.29, 1.82) is 0 Å². The van der Waals surface area contributed by atoms with Crippen LogP contribution in [0.15, 0.2) is 54.6 Å². The van der Waals surface area contributed by atoms with Gasteiger partial charge in [0.25, 0.3) is 5.91 Å². The largest absolute Gasteiger partial charge is 0.322 e. The van der Waals surface area contributed by atoms with Crippen LogP contribution >= 0.6 is 11.6 Å². The lowest BCUT2D eigenvalue weighted by Crippen LogP contribution is -2.33. The van der Waals surface area contributed by atoms with Crippen molar-refractivity contribution >= 4 is 40.7 Å². The second-order valence-corrected chi connectivity index (χ2v) is 8.03. The molecule has 1 N–H and O–H groups in total. The van der Waals surface area contributed by atoms with Gasteiger partial charge in [-0.25, -0.2) is 4.90 Å². The van der Waals surface area contributed by atoms with E-state index in [9.17, 15) is 14.4 Å². The number of carbonyl (C=O) groups is 3. The Kier molecular flexibility index (Phi) is 5.01. The van der Waals surface area contributed by atoms with Gasteiger partial charge in [0, 0.05) is 10.7 Å². The Morgan fingerprint density at radius 1 is 1.14 bits per heavy atom. The summed E-state index contributed by atoms with van der Waals surface area (Å²) in [5, 5.41) is 3.36. The minimum absolute atomic E-state index is 0.00898. The molecule has 1 aliphatic heterocycles. The molecular weight excluding hydrogens is 388 g/mol. The van der Waals surface area contributed by atoms with Crippen molar-refractivity contribution in [3.63, 3.8) is 0 Å². The number of carbonyl (C=O) groups excluding carboxylic acids is 3. The highest BCUT2D eigenvalue weighted by Gasteiger charge is 2.51. The second kappa shape index (κ2) is 7.48. The van der Waals surface area contributed by atoms with Crippen LogP contribution in [0.4, 0.5) is 11.4 Å². The molecule has 0 bridgehead atoms. The van der Waals surface area contributed by atoms with Crippen LogP contribution in [0.1, 0.15) is 29.3 Å². The molecular formula is C23H21ClN2O3. The summed E-state index contributed by atoms with van der Waals surface area (Å²) in [4.78, 5) is 40.4. The molecule has 1 heterocycles. The van der Waals surface area contributed by atoms with Gasteiger partial charge in [-0.15, -0.1) is 0 Å². The third-order valence-electron chi connectivity index (χ3n) is 5.71. The van der Waals surface area contributed by atoms with Crippen molar-refractivity contribution in [2.75, 3.05) is 10.2 Å². The zero-order valence-electron chi connectivity index (χ0n) is 16.2. The van der Waals surface area contributed by atoms with Gasteiger partial charge in [0.15, 0.2) is 0 Å². The molecule has 6 heteroatoms. The van der Waals surface area contributed by atoms with E-state index in [0.29, 0.717) is 22.8 Å². The molecule has 0 spiro atoms. The maximum atomic E-state index is 13.1. The number of amides is 3. The first kappa shape index (κ1) is 19.4. The van der Waals surface area contributed by atoms with Gasteiger partial charge in [0.1, 0.15) is 0 Å². The number of benzene rings is 2. The fourth-order valence-corrected chi connectivity index (χ4v) is 4.34. The van der Waals surface area contributed by atoms with E-state index in [2.05, 4.69) is 5.32 Å². The average Bonchev–Trinajstić information content (AvgIpc) is 2.96. The molecule has 0 radical (unpaired) electrons. The summed E-state index contributed by atoms with van der Waals surface area (Å²) in [6.45, 7) is 3.81. The summed E-state index contributed by atoms with van der Waals surface area (Å²) in [5.74, 6) is -1.63. The van der Waals surface area contributed by atoms with E-state index >= 15 is 0 Å². The number of rotatable bonds is 3. The number of nitrogens with zero attached hydrogens (tertiary/aromatic N) is 1. The standard InChI is InChI=1S/C23H21ClN2O3/c1-13-10-11-15(24)12-18(13)25-21(27)16-7-3-4-9-19(16)26-22(28)17-8-5-6-14(2)20(17)23(26)29/h3-7,9-12,14,17,20H,8H2,1-2H3,(H,25,27)/t14-,17+,20+/m1/s1. The molecule has 2 aliphatic rings. The first-order valence-electron chi connectivity index (χ1n) is 9.59. The highest BCUT2D eigenvalue weighted by atomic mass is 35.5. The van der Waals surface area contributed by atoms with Crippen molar-refractivity contribution in [3.8, 4) is 0 Å². The van der Waals surface area contributed by atoms with Crippen LogP contribution in [0.3, 0.4) is 0 Å². The number of aryl methyl sites for hydroxylation is 1. The van der Waals surface area contributed by atoms with Crippen molar-refractivity contribution in [1.82, 2.24) is 0 Å². The molecule has 2 aromatic carbocycles. The first-order chi connectivity index (χ1) is 13.9. The summed E-state index contributed by atoms with van der Waals surface area (Å²) >= 11 is 6.05. The number of nitrogens with one attached hydrogen (secondary N) is 1. The molecule has 29 heavy (non-hydrogen) atoms. The molecule has 3 amide bonds. The van der Waals surface area contributed by atoms with Gasteiger partial charge in [-0.2, -0.15) is 0 Å². The number of hydrogen-bond donors (Lipinski definition) is 1. The van der Waals surface area contributed by atoms with Crippen LogP contribution in [-0.2, 0) is 9.59 Å². The number of para-hydroxylation sites is 1. The van der Waals surface area contributed by atoms with Gasteiger partial charge in [0.2, 0.25) is 11.8 Å². The van der Waals surface area contributed by atoms with Gasteiger partial charge in [-0.3, -0.25) is 14.4 Å². The highest BCUT2D eigenvalue weighted by molar-refractivity contribution is 6.31. The van der Waals surface area contributed by atoms with Gasteiger partial charge in [0.05, 0.1) is 23.1 Å². The van der Waals surface area contributed by atoms with Crippen molar-refractivity contribution < 1.29 is 14.4 Å². The zero-order valence-corrected chi connectivity index (χ0v) is 16.9. The fourth-order valence-electron chi connectivity index (χ4n) is 4.16. The van der Waals surface area contributed by atoms with Gasteiger partial charge < -0.3 is 5.32 Å². The van der Waals surface area contributed by atoms with E-state index in [4.69, 9.17) is 11.6 Å². The number of fused-ring (bicyclic) bond motifs is 1. The Morgan fingerprint density at radius 2 is 1.90 bits per heavy atom. The van der Waals surface area contributed by atoms with E-state index in [1.54, 1.807) is 36.4 Å². The van der Waals surface area contributed by atoms with Gasteiger partial charge in [-0.1, -0.05) is 48.9 Å². The van der Waals surface area contributed by atoms with E-state index < -0.39 is 5.91 Å². The Hall–Kier alpha value is -2.92. The lowest BCUT2D eigenvalue weighted by Gasteiger charge is -2.22. The third-order valence-corrected chi connectivity index (χ3v) is 5.95. The first-order valence-corrected chi connectivity index (χ1v) is 9.97. The smallest absolute Gasteiger partial charge is 0.257 e. The molecule has 1 aliphatic carbocycles. The predicted molar refractivity (Wildman–Crippen MR) is 113 cm³/mol. The number of imide groups is 1. The fraction of sp³-hybridized carbons (Fsp3) is 0.261. The molecule has 0 aromatic heterocycles. The number of anilines is 2. The summed E-state index contributed by atoms with van der Waals surface area (Å²) < 4.78 is 0. The van der Waals surface area contributed by atoms with E-state index in [0.717, 1.165) is 5.56 Å². The molecule has 3 atom stereocenters.